The SMILES string of the molecule is C[C@]1(c2ccc(C=NN)cc2)NC(=O)N(CC(=O)N[C@H](C=O)CC(=O)O)C1=O. The number of hydrazone groups is 1. The van der Waals surface area contributed by atoms with Gasteiger partial charge in [0.2, 0.25) is 5.91 Å². The summed E-state index contributed by atoms with van der Waals surface area (Å²) >= 11 is 0. The fourth-order valence-corrected chi connectivity index (χ4v) is 2.74. The first-order valence-electron chi connectivity index (χ1n) is 8.15. The maximum atomic E-state index is 12.8. The number of carbonyl (C=O) groups excluding carboxylic acids is 4. The van der Waals surface area contributed by atoms with Gasteiger partial charge in [0.1, 0.15) is 18.4 Å². The van der Waals surface area contributed by atoms with Crippen molar-refractivity contribution in [1.82, 2.24) is 15.5 Å². The van der Waals surface area contributed by atoms with Crippen molar-refractivity contribution in [3.05, 3.63) is 35.4 Å². The van der Waals surface area contributed by atoms with Gasteiger partial charge in [-0.05, 0) is 18.1 Å². The molecule has 11 nitrogen and oxygen atoms in total. The molecule has 1 fully saturated rings. The van der Waals surface area contributed by atoms with Crippen LogP contribution >= 0.6 is 0 Å². The molecule has 1 aliphatic rings. The average Bonchev–Trinajstić information content (AvgIpc) is 2.85. The van der Waals surface area contributed by atoms with Gasteiger partial charge in [0.05, 0.1) is 18.7 Å². The van der Waals surface area contributed by atoms with Gasteiger partial charge in [0.15, 0.2) is 0 Å². The maximum absolute atomic E-state index is 12.8. The summed E-state index contributed by atoms with van der Waals surface area (Å²) in [7, 11) is 0. The van der Waals surface area contributed by atoms with Crippen LogP contribution in [0.25, 0.3) is 0 Å². The van der Waals surface area contributed by atoms with Gasteiger partial charge in [-0.2, -0.15) is 5.10 Å². The minimum Gasteiger partial charge on any atom is -0.481 e. The number of nitrogens with zero attached hydrogens (tertiary/aromatic N) is 2. The Bertz CT molecular complexity index is 837. The summed E-state index contributed by atoms with van der Waals surface area (Å²) in [4.78, 5) is 59.2. The first-order valence-corrected chi connectivity index (χ1v) is 8.15. The Morgan fingerprint density at radius 1 is 1.36 bits per heavy atom. The molecule has 0 bridgehead atoms. The molecule has 1 aromatic carbocycles. The molecule has 0 radical (unpaired) electrons. The van der Waals surface area contributed by atoms with E-state index in [1.165, 1.54) is 13.1 Å². The fraction of sp³-hybridized carbons (Fsp3) is 0.294. The number of carbonyl (C=O) groups is 5. The van der Waals surface area contributed by atoms with Crippen molar-refractivity contribution < 1.29 is 29.1 Å². The average molecular weight is 389 g/mol. The standard InChI is InChI=1S/C17H19N5O6/c1-17(11-4-2-10(3-5-11)7-19-18)15(27)22(16(28)21-17)8-13(24)20-12(9-23)6-14(25)26/h2-5,7,9,12H,6,8,18H2,1H3,(H,20,24)(H,21,28)(H,25,26)/t12-,17+/m0/s1. The molecule has 0 aliphatic carbocycles. The van der Waals surface area contributed by atoms with Crippen molar-refractivity contribution in [3.63, 3.8) is 0 Å². The van der Waals surface area contributed by atoms with Gasteiger partial charge in [0.25, 0.3) is 5.91 Å². The number of carboxylic acid groups (broad SMARTS) is 1. The van der Waals surface area contributed by atoms with Crippen LogP contribution in [0.1, 0.15) is 24.5 Å². The zero-order valence-electron chi connectivity index (χ0n) is 14.9. The molecule has 28 heavy (non-hydrogen) atoms. The number of benzene rings is 1. The van der Waals surface area contributed by atoms with E-state index in [1.54, 1.807) is 24.3 Å². The van der Waals surface area contributed by atoms with E-state index in [2.05, 4.69) is 15.7 Å². The van der Waals surface area contributed by atoms with Gasteiger partial charge >= 0.3 is 12.0 Å². The number of aldehydes is 1. The molecule has 148 valence electrons. The highest BCUT2D eigenvalue weighted by Crippen LogP contribution is 2.28. The van der Waals surface area contributed by atoms with Crippen LogP contribution in [0.4, 0.5) is 4.79 Å². The quantitative estimate of drug-likeness (QED) is 0.144. The van der Waals surface area contributed by atoms with Crippen LogP contribution in [-0.2, 0) is 24.7 Å². The number of rotatable bonds is 8. The highest BCUT2D eigenvalue weighted by Gasteiger charge is 2.49. The van der Waals surface area contributed by atoms with Crippen LogP contribution in [0, 0.1) is 0 Å². The van der Waals surface area contributed by atoms with Crippen molar-refractivity contribution in [2.24, 2.45) is 10.9 Å². The number of hydrogen-bond acceptors (Lipinski definition) is 7. The summed E-state index contributed by atoms with van der Waals surface area (Å²) in [5.74, 6) is 2.32. The number of urea groups is 1. The fourth-order valence-electron chi connectivity index (χ4n) is 2.74. The van der Waals surface area contributed by atoms with Crippen LogP contribution in [0.5, 0.6) is 0 Å². The molecule has 2 atom stereocenters. The second-order valence-corrected chi connectivity index (χ2v) is 6.25. The molecule has 0 unspecified atom stereocenters. The molecule has 0 aromatic heterocycles. The second kappa shape index (κ2) is 8.29. The number of nitrogens with two attached hydrogens (primary N) is 1. The van der Waals surface area contributed by atoms with Gasteiger partial charge in [-0.15, -0.1) is 0 Å². The van der Waals surface area contributed by atoms with Crippen molar-refractivity contribution in [2.75, 3.05) is 6.54 Å². The van der Waals surface area contributed by atoms with Crippen molar-refractivity contribution >= 4 is 36.3 Å². The third-order valence-electron chi connectivity index (χ3n) is 4.19. The molecule has 11 heteroatoms. The Morgan fingerprint density at radius 3 is 2.54 bits per heavy atom. The number of amides is 4. The maximum Gasteiger partial charge on any atom is 0.325 e. The molecular formula is C17H19N5O6. The summed E-state index contributed by atoms with van der Waals surface area (Å²) in [6, 6.07) is 4.52. The molecule has 1 aliphatic heterocycles. The molecule has 0 spiro atoms. The summed E-state index contributed by atoms with van der Waals surface area (Å²) in [5, 5.41) is 16.8. The third-order valence-corrected chi connectivity index (χ3v) is 4.19. The summed E-state index contributed by atoms with van der Waals surface area (Å²) in [5.41, 5.74) is -0.207. The van der Waals surface area contributed by atoms with E-state index >= 15 is 0 Å². The predicted molar refractivity (Wildman–Crippen MR) is 96.1 cm³/mol. The van der Waals surface area contributed by atoms with Gasteiger partial charge in [-0.3, -0.25) is 19.3 Å². The third kappa shape index (κ3) is 4.31. The first-order chi connectivity index (χ1) is 13.2. The summed E-state index contributed by atoms with van der Waals surface area (Å²) < 4.78 is 0. The van der Waals surface area contributed by atoms with E-state index in [4.69, 9.17) is 10.9 Å². The Hall–Kier alpha value is -3.76. The Balaban J connectivity index is 2.12. The van der Waals surface area contributed by atoms with Crippen LogP contribution < -0.4 is 16.5 Å². The van der Waals surface area contributed by atoms with Crippen molar-refractivity contribution in [1.29, 1.82) is 0 Å². The molecule has 1 heterocycles. The predicted octanol–water partition coefficient (Wildman–Crippen LogP) is -1.10. The molecule has 2 rings (SSSR count). The largest absolute Gasteiger partial charge is 0.481 e. The molecule has 1 aromatic rings. The molecular weight excluding hydrogens is 370 g/mol. The lowest BCUT2D eigenvalue weighted by molar-refractivity contribution is -0.139. The zero-order chi connectivity index (χ0) is 20.9. The topological polar surface area (TPSA) is 171 Å². The Kier molecular flexibility index (Phi) is 6.08. The van der Waals surface area contributed by atoms with Crippen molar-refractivity contribution in [3.8, 4) is 0 Å². The number of nitrogens with one attached hydrogen (secondary N) is 2. The van der Waals surface area contributed by atoms with E-state index in [-0.39, 0.29) is 6.29 Å². The molecule has 1 saturated heterocycles. The lowest BCUT2D eigenvalue weighted by Gasteiger charge is -2.22. The monoisotopic (exact) mass is 389 g/mol. The van der Waals surface area contributed by atoms with Gasteiger partial charge < -0.3 is 26.4 Å². The van der Waals surface area contributed by atoms with Gasteiger partial charge in [-0.1, -0.05) is 24.3 Å². The first kappa shape index (κ1) is 20.6. The molecule has 0 saturated carbocycles. The number of imide groups is 1. The minimum atomic E-state index is -1.39. The normalized spacial score (nSPS) is 20.1. The van der Waals surface area contributed by atoms with E-state index in [0.717, 1.165) is 0 Å². The zero-order valence-corrected chi connectivity index (χ0v) is 14.9. The van der Waals surface area contributed by atoms with Crippen LogP contribution in [0.15, 0.2) is 29.4 Å². The summed E-state index contributed by atoms with van der Waals surface area (Å²) in [6.45, 7) is 0.845. The van der Waals surface area contributed by atoms with Gasteiger partial charge in [-0.25, -0.2) is 4.79 Å². The second-order valence-electron chi connectivity index (χ2n) is 6.25. The Labute approximate surface area is 159 Å². The molecule has 4 amide bonds. The smallest absolute Gasteiger partial charge is 0.325 e. The van der Waals surface area contributed by atoms with E-state index < -0.39 is 48.4 Å². The highest BCUT2D eigenvalue weighted by molar-refractivity contribution is 6.09. The van der Waals surface area contributed by atoms with E-state index in [0.29, 0.717) is 16.0 Å². The lowest BCUT2D eigenvalue weighted by Crippen LogP contribution is -2.46. The number of hydrogen-bond donors (Lipinski definition) is 4. The van der Waals surface area contributed by atoms with Gasteiger partial charge in [0, 0.05) is 0 Å². The number of carboxylic acids is 1. The van der Waals surface area contributed by atoms with Crippen LogP contribution in [0.3, 0.4) is 0 Å². The Morgan fingerprint density at radius 2 is 2.00 bits per heavy atom. The number of aliphatic carboxylic acids is 1. The van der Waals surface area contributed by atoms with Crippen LogP contribution in [-0.4, -0.2) is 58.9 Å². The van der Waals surface area contributed by atoms with E-state index in [9.17, 15) is 24.0 Å². The van der Waals surface area contributed by atoms with E-state index in [1.807, 2.05) is 0 Å². The lowest BCUT2D eigenvalue weighted by atomic mass is 9.91. The minimum absolute atomic E-state index is 0.272. The van der Waals surface area contributed by atoms with Crippen LogP contribution in [0.2, 0.25) is 0 Å². The highest BCUT2D eigenvalue weighted by atomic mass is 16.4. The summed E-state index contributed by atoms with van der Waals surface area (Å²) in [6.07, 6.45) is 1.08. The van der Waals surface area contributed by atoms with Crippen molar-refractivity contribution in [2.45, 2.75) is 24.9 Å². The molecule has 5 N–H and O–H groups in total.